The van der Waals surface area contributed by atoms with Crippen LogP contribution in [0.2, 0.25) is 5.02 Å². The molecule has 1 amide bonds. The first-order valence-electron chi connectivity index (χ1n) is 5.67. The molecule has 0 aliphatic heterocycles. The SMILES string of the molecule is O=C(O)c1ccc(NC(=O)c2ccc(Br)cc2Cl)c(F)c1. The number of benzene rings is 2. The van der Waals surface area contributed by atoms with Crippen LogP contribution in [0.1, 0.15) is 20.7 Å². The summed E-state index contributed by atoms with van der Waals surface area (Å²) in [5.74, 6) is -2.67. The molecule has 2 aromatic carbocycles. The summed E-state index contributed by atoms with van der Waals surface area (Å²) in [6.07, 6.45) is 0. The summed E-state index contributed by atoms with van der Waals surface area (Å²) >= 11 is 9.15. The predicted octanol–water partition coefficient (Wildman–Crippen LogP) is 4.19. The molecule has 0 spiro atoms. The molecule has 0 saturated heterocycles. The van der Waals surface area contributed by atoms with Gasteiger partial charge in [-0.15, -0.1) is 0 Å². The van der Waals surface area contributed by atoms with Crippen LogP contribution in [0.15, 0.2) is 40.9 Å². The van der Waals surface area contributed by atoms with Crippen molar-refractivity contribution in [3.8, 4) is 0 Å². The molecule has 0 atom stereocenters. The van der Waals surface area contributed by atoms with Gasteiger partial charge in [-0.05, 0) is 36.4 Å². The van der Waals surface area contributed by atoms with Crippen LogP contribution in [0.4, 0.5) is 10.1 Å². The van der Waals surface area contributed by atoms with E-state index in [0.29, 0.717) is 4.47 Å². The summed E-state index contributed by atoms with van der Waals surface area (Å²) in [6.45, 7) is 0. The van der Waals surface area contributed by atoms with Crippen molar-refractivity contribution in [3.05, 3.63) is 62.8 Å². The van der Waals surface area contributed by atoms with Crippen LogP contribution < -0.4 is 5.32 Å². The number of hydrogen-bond donors (Lipinski definition) is 2. The summed E-state index contributed by atoms with van der Waals surface area (Å²) in [4.78, 5) is 22.7. The minimum Gasteiger partial charge on any atom is -0.478 e. The van der Waals surface area contributed by atoms with E-state index >= 15 is 0 Å². The summed E-state index contributed by atoms with van der Waals surface area (Å²) in [6, 6.07) is 7.88. The molecule has 0 heterocycles. The zero-order valence-electron chi connectivity index (χ0n) is 10.4. The number of amides is 1. The second kappa shape index (κ2) is 6.24. The van der Waals surface area contributed by atoms with Gasteiger partial charge in [-0.1, -0.05) is 27.5 Å². The standard InChI is InChI=1S/C14H8BrClFNO3/c15-8-2-3-9(10(16)6-8)13(19)18-12-4-1-7(14(20)21)5-11(12)17/h1-6H,(H,18,19)(H,20,21). The number of aromatic carboxylic acids is 1. The van der Waals surface area contributed by atoms with Gasteiger partial charge >= 0.3 is 5.97 Å². The molecule has 0 fully saturated rings. The average molecular weight is 373 g/mol. The summed E-state index contributed by atoms with van der Waals surface area (Å²) in [5, 5.41) is 11.3. The van der Waals surface area contributed by atoms with Crippen molar-refractivity contribution in [1.82, 2.24) is 0 Å². The zero-order valence-corrected chi connectivity index (χ0v) is 12.7. The fraction of sp³-hybridized carbons (Fsp3) is 0. The smallest absolute Gasteiger partial charge is 0.335 e. The monoisotopic (exact) mass is 371 g/mol. The number of carboxylic acids is 1. The van der Waals surface area contributed by atoms with Gasteiger partial charge in [-0.25, -0.2) is 9.18 Å². The van der Waals surface area contributed by atoms with E-state index in [1.807, 2.05) is 0 Å². The normalized spacial score (nSPS) is 10.2. The number of anilines is 1. The zero-order chi connectivity index (χ0) is 15.6. The van der Waals surface area contributed by atoms with E-state index in [1.54, 1.807) is 12.1 Å². The molecule has 7 heteroatoms. The van der Waals surface area contributed by atoms with Crippen molar-refractivity contribution < 1.29 is 19.1 Å². The highest BCUT2D eigenvalue weighted by molar-refractivity contribution is 9.10. The maximum absolute atomic E-state index is 13.7. The van der Waals surface area contributed by atoms with Gasteiger partial charge in [0.05, 0.1) is 21.8 Å². The van der Waals surface area contributed by atoms with Crippen molar-refractivity contribution in [2.75, 3.05) is 5.32 Å². The van der Waals surface area contributed by atoms with E-state index in [0.717, 1.165) is 6.07 Å². The molecule has 0 bridgehead atoms. The second-order valence-corrected chi connectivity index (χ2v) is 5.40. The minimum atomic E-state index is -1.25. The Morgan fingerprint density at radius 3 is 2.48 bits per heavy atom. The van der Waals surface area contributed by atoms with Crippen LogP contribution in [0.25, 0.3) is 0 Å². The summed E-state index contributed by atoms with van der Waals surface area (Å²) in [7, 11) is 0. The number of carbonyl (C=O) groups is 2. The van der Waals surface area contributed by atoms with Gasteiger partial charge < -0.3 is 10.4 Å². The molecule has 0 aliphatic carbocycles. The Kier molecular flexibility index (Phi) is 4.59. The van der Waals surface area contributed by atoms with Crippen LogP contribution in [0.3, 0.4) is 0 Å². The first-order valence-corrected chi connectivity index (χ1v) is 6.85. The third-order valence-corrected chi connectivity index (χ3v) is 3.45. The van der Waals surface area contributed by atoms with E-state index in [1.165, 1.54) is 18.2 Å². The van der Waals surface area contributed by atoms with Crippen molar-refractivity contribution in [1.29, 1.82) is 0 Å². The number of hydrogen-bond acceptors (Lipinski definition) is 2. The Labute approximate surface area is 132 Å². The van der Waals surface area contributed by atoms with Crippen molar-refractivity contribution >= 4 is 45.1 Å². The molecule has 0 saturated carbocycles. The largest absolute Gasteiger partial charge is 0.478 e. The van der Waals surface area contributed by atoms with E-state index in [2.05, 4.69) is 21.2 Å². The second-order valence-electron chi connectivity index (χ2n) is 4.08. The Morgan fingerprint density at radius 1 is 1.19 bits per heavy atom. The van der Waals surface area contributed by atoms with Crippen molar-refractivity contribution in [3.63, 3.8) is 0 Å². The highest BCUT2D eigenvalue weighted by Gasteiger charge is 2.14. The molecular weight excluding hydrogens is 365 g/mol. The van der Waals surface area contributed by atoms with Crippen LogP contribution in [0.5, 0.6) is 0 Å². The Hall–Kier alpha value is -1.92. The van der Waals surface area contributed by atoms with Gasteiger partial charge in [-0.3, -0.25) is 4.79 Å². The van der Waals surface area contributed by atoms with Gasteiger partial charge in [0.15, 0.2) is 0 Å². The molecule has 21 heavy (non-hydrogen) atoms. The van der Waals surface area contributed by atoms with Gasteiger partial charge in [0, 0.05) is 4.47 Å². The molecule has 0 radical (unpaired) electrons. The van der Waals surface area contributed by atoms with Crippen LogP contribution in [0, 0.1) is 5.82 Å². The highest BCUT2D eigenvalue weighted by atomic mass is 79.9. The number of carboxylic acid groups (broad SMARTS) is 1. The first kappa shape index (κ1) is 15.5. The lowest BCUT2D eigenvalue weighted by molar-refractivity contribution is 0.0696. The average Bonchev–Trinajstić information content (AvgIpc) is 2.40. The minimum absolute atomic E-state index is 0.121. The highest BCUT2D eigenvalue weighted by Crippen LogP contribution is 2.23. The first-order chi connectivity index (χ1) is 9.88. The number of nitrogens with one attached hydrogen (secondary N) is 1. The number of carbonyl (C=O) groups excluding carboxylic acids is 1. The maximum Gasteiger partial charge on any atom is 0.335 e. The van der Waals surface area contributed by atoms with Crippen LogP contribution in [-0.4, -0.2) is 17.0 Å². The molecule has 2 aromatic rings. The maximum atomic E-state index is 13.7. The fourth-order valence-electron chi connectivity index (χ4n) is 1.61. The molecular formula is C14H8BrClFNO3. The molecule has 0 aromatic heterocycles. The van der Waals surface area contributed by atoms with Crippen LogP contribution in [-0.2, 0) is 0 Å². The fourth-order valence-corrected chi connectivity index (χ4v) is 2.37. The Morgan fingerprint density at radius 2 is 1.90 bits per heavy atom. The molecule has 4 nitrogen and oxygen atoms in total. The van der Waals surface area contributed by atoms with Gasteiger partial charge in [0.25, 0.3) is 5.91 Å². The third-order valence-electron chi connectivity index (χ3n) is 2.64. The van der Waals surface area contributed by atoms with Gasteiger partial charge in [-0.2, -0.15) is 0 Å². The summed E-state index contributed by atoms with van der Waals surface area (Å²) in [5.41, 5.74) is -0.141. The lowest BCUT2D eigenvalue weighted by Crippen LogP contribution is -2.14. The lowest BCUT2D eigenvalue weighted by Gasteiger charge is -2.08. The van der Waals surface area contributed by atoms with Gasteiger partial charge in [0.1, 0.15) is 5.82 Å². The Bertz CT molecular complexity index is 736. The number of halogens is 3. The molecule has 108 valence electrons. The molecule has 0 aliphatic rings. The van der Waals surface area contributed by atoms with Gasteiger partial charge in [0.2, 0.25) is 0 Å². The predicted molar refractivity (Wildman–Crippen MR) is 80.5 cm³/mol. The molecule has 2 N–H and O–H groups in total. The third kappa shape index (κ3) is 3.59. The molecule has 2 rings (SSSR count). The topological polar surface area (TPSA) is 66.4 Å². The quantitative estimate of drug-likeness (QED) is 0.849. The van der Waals surface area contributed by atoms with Crippen LogP contribution >= 0.6 is 27.5 Å². The lowest BCUT2D eigenvalue weighted by atomic mass is 10.1. The van der Waals surface area contributed by atoms with E-state index in [4.69, 9.17) is 16.7 Å². The van der Waals surface area contributed by atoms with E-state index in [9.17, 15) is 14.0 Å². The van der Waals surface area contributed by atoms with Crippen molar-refractivity contribution in [2.45, 2.75) is 0 Å². The summed E-state index contributed by atoms with van der Waals surface area (Å²) < 4.78 is 14.4. The molecule has 0 unspecified atom stereocenters. The number of rotatable bonds is 3. The van der Waals surface area contributed by atoms with E-state index in [-0.39, 0.29) is 21.8 Å². The van der Waals surface area contributed by atoms with E-state index < -0.39 is 17.7 Å². The Balaban J connectivity index is 2.25. The van der Waals surface area contributed by atoms with Crippen molar-refractivity contribution in [2.24, 2.45) is 0 Å².